The van der Waals surface area contributed by atoms with Gasteiger partial charge in [-0.3, -0.25) is 9.35 Å². The van der Waals surface area contributed by atoms with Crippen LogP contribution < -0.4 is 0 Å². The van der Waals surface area contributed by atoms with Crippen LogP contribution in [-0.2, 0) is 14.9 Å². The van der Waals surface area contributed by atoms with Crippen LogP contribution >= 0.6 is 0 Å². The smallest absolute Gasteiger partial charge is 0.306 e. The molecule has 2 N–H and O–H groups in total. The summed E-state index contributed by atoms with van der Waals surface area (Å²) in [5.74, 6) is 1.16. The molecule has 6 heteroatoms. The van der Waals surface area contributed by atoms with Crippen molar-refractivity contribution in [3.8, 4) is 0 Å². The van der Waals surface area contributed by atoms with Crippen molar-refractivity contribution in [2.75, 3.05) is 0 Å². The molecule has 0 amide bonds. The number of carboxylic acid groups (broad SMARTS) is 1. The van der Waals surface area contributed by atoms with E-state index in [1.54, 1.807) is 0 Å². The van der Waals surface area contributed by atoms with Crippen LogP contribution in [0, 0.1) is 29.6 Å². The van der Waals surface area contributed by atoms with Crippen LogP contribution in [0.1, 0.15) is 104 Å². The second-order valence-electron chi connectivity index (χ2n) is 10.2. The minimum Gasteiger partial charge on any atom is -0.481 e. The molecule has 0 aliphatic heterocycles. The fourth-order valence-electron chi connectivity index (χ4n) is 5.92. The Labute approximate surface area is 189 Å². The summed E-state index contributed by atoms with van der Waals surface area (Å²) < 4.78 is 31.9. The first-order valence-corrected chi connectivity index (χ1v) is 14.1. The molecule has 0 bridgehead atoms. The predicted octanol–water partition coefficient (Wildman–Crippen LogP) is 6.49. The Morgan fingerprint density at radius 1 is 1.00 bits per heavy atom. The first kappa shape index (κ1) is 26.4. The van der Waals surface area contributed by atoms with E-state index in [2.05, 4.69) is 26.0 Å². The zero-order valence-corrected chi connectivity index (χ0v) is 20.4. The lowest BCUT2D eigenvalue weighted by Gasteiger charge is -2.32. The van der Waals surface area contributed by atoms with Gasteiger partial charge in [-0.15, -0.1) is 0 Å². The molecular weight excluding hydrogens is 412 g/mol. The van der Waals surface area contributed by atoms with Gasteiger partial charge in [0.25, 0.3) is 10.1 Å². The minimum atomic E-state index is -3.95. The molecule has 2 rings (SSSR count). The van der Waals surface area contributed by atoms with E-state index in [1.165, 1.54) is 38.5 Å². The van der Waals surface area contributed by atoms with Crippen molar-refractivity contribution in [2.24, 2.45) is 29.6 Å². The summed E-state index contributed by atoms with van der Waals surface area (Å²) in [5.41, 5.74) is 0. The Balaban J connectivity index is 1.74. The topological polar surface area (TPSA) is 91.7 Å². The molecule has 3 atom stereocenters. The van der Waals surface area contributed by atoms with Gasteiger partial charge in [-0.05, 0) is 75.0 Å². The maximum atomic E-state index is 11.8. The van der Waals surface area contributed by atoms with Gasteiger partial charge in [0.15, 0.2) is 0 Å². The highest BCUT2D eigenvalue weighted by Crippen LogP contribution is 2.36. The van der Waals surface area contributed by atoms with Gasteiger partial charge in [-0.25, -0.2) is 0 Å². The van der Waals surface area contributed by atoms with E-state index >= 15 is 0 Å². The van der Waals surface area contributed by atoms with Crippen LogP contribution in [0.5, 0.6) is 0 Å². The van der Waals surface area contributed by atoms with Crippen molar-refractivity contribution in [3.05, 3.63) is 12.2 Å². The normalized spacial score (nSPS) is 26.5. The molecule has 3 unspecified atom stereocenters. The summed E-state index contributed by atoms with van der Waals surface area (Å²) >= 11 is 0. The van der Waals surface area contributed by atoms with Crippen LogP contribution in [0.3, 0.4) is 0 Å². The SMILES string of the molecule is CCC(CC=CCCC(CC(C)C1CCC(S(=O)(=O)O)CC1)C(=O)O)C1CCCCC1. The maximum absolute atomic E-state index is 11.8. The average molecular weight is 457 g/mol. The lowest BCUT2D eigenvalue weighted by atomic mass is 9.76. The van der Waals surface area contributed by atoms with Crippen LogP contribution in [0.15, 0.2) is 12.2 Å². The number of rotatable bonds is 12. The van der Waals surface area contributed by atoms with E-state index in [-0.39, 0.29) is 11.8 Å². The third-order valence-electron chi connectivity index (χ3n) is 8.08. The summed E-state index contributed by atoms with van der Waals surface area (Å²) in [4.78, 5) is 11.8. The van der Waals surface area contributed by atoms with Gasteiger partial charge in [-0.1, -0.05) is 64.5 Å². The van der Waals surface area contributed by atoms with Crippen molar-refractivity contribution in [1.82, 2.24) is 0 Å². The highest BCUT2D eigenvalue weighted by Gasteiger charge is 2.33. The predicted molar refractivity (Wildman–Crippen MR) is 126 cm³/mol. The Kier molecular flexibility index (Phi) is 11.0. The molecule has 2 aliphatic carbocycles. The third kappa shape index (κ3) is 8.88. The van der Waals surface area contributed by atoms with Crippen molar-refractivity contribution in [1.29, 1.82) is 0 Å². The maximum Gasteiger partial charge on any atom is 0.306 e. The quantitative estimate of drug-likeness (QED) is 0.258. The third-order valence-corrected chi connectivity index (χ3v) is 9.39. The zero-order valence-electron chi connectivity index (χ0n) is 19.5. The van der Waals surface area contributed by atoms with E-state index in [4.69, 9.17) is 0 Å². The number of aliphatic carboxylic acids is 1. The first-order valence-electron chi connectivity index (χ1n) is 12.6. The number of carbonyl (C=O) groups is 1. The van der Waals surface area contributed by atoms with Gasteiger partial charge < -0.3 is 5.11 Å². The fraction of sp³-hybridized carbons (Fsp3) is 0.880. The molecule has 2 saturated carbocycles. The van der Waals surface area contributed by atoms with Gasteiger partial charge in [0, 0.05) is 0 Å². The van der Waals surface area contributed by atoms with Crippen molar-refractivity contribution in [2.45, 2.75) is 109 Å². The highest BCUT2D eigenvalue weighted by molar-refractivity contribution is 7.86. The number of hydrogen-bond acceptors (Lipinski definition) is 3. The Bertz CT molecular complexity index is 657. The molecule has 0 aromatic rings. The van der Waals surface area contributed by atoms with Crippen LogP contribution in [0.25, 0.3) is 0 Å². The Morgan fingerprint density at radius 3 is 2.19 bits per heavy atom. The molecule has 0 saturated heterocycles. The molecule has 0 radical (unpaired) electrons. The summed E-state index contributed by atoms with van der Waals surface area (Å²) in [6.45, 7) is 4.39. The van der Waals surface area contributed by atoms with E-state index in [9.17, 15) is 22.9 Å². The largest absolute Gasteiger partial charge is 0.481 e. The summed E-state index contributed by atoms with van der Waals surface area (Å²) in [5, 5.41) is 9.04. The summed E-state index contributed by atoms with van der Waals surface area (Å²) in [6.07, 6.45) is 18.3. The molecule has 0 heterocycles. The van der Waals surface area contributed by atoms with Crippen molar-refractivity contribution >= 4 is 16.1 Å². The van der Waals surface area contributed by atoms with Crippen LogP contribution in [0.4, 0.5) is 0 Å². The lowest BCUT2D eigenvalue weighted by molar-refractivity contribution is -0.142. The van der Waals surface area contributed by atoms with Crippen molar-refractivity contribution in [3.63, 3.8) is 0 Å². The van der Waals surface area contributed by atoms with E-state index in [1.807, 2.05) is 0 Å². The summed E-state index contributed by atoms with van der Waals surface area (Å²) in [6, 6.07) is 0. The van der Waals surface area contributed by atoms with Gasteiger partial charge in [0.05, 0.1) is 11.2 Å². The molecule has 2 aliphatic rings. The molecule has 180 valence electrons. The van der Waals surface area contributed by atoms with E-state index < -0.39 is 21.3 Å². The van der Waals surface area contributed by atoms with Crippen molar-refractivity contribution < 1.29 is 22.9 Å². The Hall–Kier alpha value is -0.880. The van der Waals surface area contributed by atoms with Gasteiger partial charge >= 0.3 is 5.97 Å². The number of allylic oxidation sites excluding steroid dienone is 2. The Morgan fingerprint density at radius 2 is 1.65 bits per heavy atom. The van der Waals surface area contributed by atoms with E-state index in [0.717, 1.165) is 37.5 Å². The van der Waals surface area contributed by atoms with Gasteiger partial charge in [0.2, 0.25) is 0 Å². The van der Waals surface area contributed by atoms with Gasteiger partial charge in [-0.2, -0.15) is 8.42 Å². The van der Waals surface area contributed by atoms with Crippen LogP contribution in [-0.4, -0.2) is 29.3 Å². The minimum absolute atomic E-state index is 0.253. The molecule has 0 aromatic heterocycles. The van der Waals surface area contributed by atoms with E-state index in [0.29, 0.717) is 31.6 Å². The summed E-state index contributed by atoms with van der Waals surface area (Å²) in [7, 11) is -3.95. The fourth-order valence-corrected chi connectivity index (χ4v) is 6.79. The zero-order chi connectivity index (χ0) is 22.9. The first-order chi connectivity index (χ1) is 14.7. The lowest BCUT2D eigenvalue weighted by Crippen LogP contribution is -2.30. The van der Waals surface area contributed by atoms with Crippen LogP contribution in [0.2, 0.25) is 0 Å². The molecule has 0 aromatic carbocycles. The molecular formula is C25H44O5S. The number of hydrogen-bond donors (Lipinski definition) is 2. The molecule has 31 heavy (non-hydrogen) atoms. The number of carboxylic acids is 1. The molecule has 5 nitrogen and oxygen atoms in total. The second-order valence-corrected chi connectivity index (χ2v) is 11.8. The van der Waals surface area contributed by atoms with Gasteiger partial charge in [0.1, 0.15) is 0 Å². The molecule has 0 spiro atoms. The standard InChI is InChI=1S/C25H44O5S/c1-3-20(22-11-7-5-8-12-22)10-6-4-9-13-23(25(26)27)18-19(2)21-14-16-24(17-15-21)31(28,29)30/h4,6,19-24H,3,5,7-18H2,1-2H3,(H,26,27)(H,28,29,30). The highest BCUT2D eigenvalue weighted by atomic mass is 32.2. The monoisotopic (exact) mass is 456 g/mol. The average Bonchev–Trinajstić information content (AvgIpc) is 2.75. The molecule has 2 fully saturated rings. The second kappa shape index (κ2) is 13.0.